The molecule has 300 valence electrons. The molecule has 1 aromatic carbocycles. The molecule has 0 spiro atoms. The molecule has 10 heteroatoms. The van der Waals surface area contributed by atoms with Gasteiger partial charge in [-0.25, -0.2) is 0 Å². The number of carbonyl (C=O) groups is 3. The molecular formula is C42H72O7S3. The molecule has 0 saturated carbocycles. The maximum Gasteiger partial charge on any atom is 0.306 e. The largest absolute Gasteiger partial charge is 0.507 e. The number of rotatable bonds is 33. The third-order valence-corrected chi connectivity index (χ3v) is 12.6. The van der Waals surface area contributed by atoms with Gasteiger partial charge < -0.3 is 19.3 Å². The summed E-state index contributed by atoms with van der Waals surface area (Å²) in [6, 6.07) is 4.08. The lowest BCUT2D eigenvalue weighted by atomic mass is 10.0. The smallest absolute Gasteiger partial charge is 0.306 e. The average Bonchev–Trinajstić information content (AvgIpc) is 3.15. The van der Waals surface area contributed by atoms with Crippen molar-refractivity contribution in [3.63, 3.8) is 0 Å². The van der Waals surface area contributed by atoms with E-state index in [9.17, 15) is 19.5 Å². The lowest BCUT2D eigenvalue weighted by Gasteiger charge is -2.15. The van der Waals surface area contributed by atoms with Crippen LogP contribution in [-0.2, 0) is 45.9 Å². The van der Waals surface area contributed by atoms with Gasteiger partial charge in [0.15, 0.2) is 0 Å². The molecule has 1 N–H and O–H groups in total. The summed E-state index contributed by atoms with van der Waals surface area (Å²) in [6.45, 7) is 14.5. The van der Waals surface area contributed by atoms with Crippen molar-refractivity contribution >= 4 is 53.2 Å². The van der Waals surface area contributed by atoms with E-state index in [1.807, 2.05) is 12.1 Å². The first kappa shape index (κ1) is 48.5. The van der Waals surface area contributed by atoms with E-state index in [0.717, 1.165) is 93.7 Å². The summed E-state index contributed by atoms with van der Waals surface area (Å²) in [6.07, 6.45) is 14.3. The Kier molecular flexibility index (Phi) is 29.7. The number of ether oxygens (including phenoxy) is 3. The Bertz CT molecular complexity index is 1040. The Balaban J connectivity index is 2.74. The first-order chi connectivity index (χ1) is 25.2. The number of unbranched alkanes of at least 4 members (excludes halogenated alkanes) is 3. The highest BCUT2D eigenvalue weighted by Crippen LogP contribution is 2.33. The topological polar surface area (TPSA) is 99.1 Å². The van der Waals surface area contributed by atoms with Gasteiger partial charge in [-0.15, -0.1) is 0 Å². The monoisotopic (exact) mass is 784 g/mol. The molecule has 0 bridgehead atoms. The molecule has 3 atom stereocenters. The summed E-state index contributed by atoms with van der Waals surface area (Å²) >= 11 is 4.92. The van der Waals surface area contributed by atoms with E-state index in [4.69, 9.17) is 14.2 Å². The van der Waals surface area contributed by atoms with Gasteiger partial charge in [-0.05, 0) is 42.6 Å². The van der Waals surface area contributed by atoms with Crippen LogP contribution >= 0.6 is 35.3 Å². The quantitative estimate of drug-likeness (QED) is 0.0421. The zero-order chi connectivity index (χ0) is 38.4. The third-order valence-electron chi connectivity index (χ3n) is 9.53. The fourth-order valence-electron chi connectivity index (χ4n) is 5.70. The van der Waals surface area contributed by atoms with E-state index < -0.39 is 0 Å². The Morgan fingerprint density at radius 1 is 0.558 bits per heavy atom. The maximum atomic E-state index is 12.4. The first-order valence-corrected chi connectivity index (χ1v) is 23.7. The van der Waals surface area contributed by atoms with E-state index in [1.165, 1.54) is 0 Å². The molecule has 1 aromatic rings. The lowest BCUT2D eigenvalue weighted by molar-refractivity contribution is -0.145. The minimum Gasteiger partial charge on any atom is -0.507 e. The van der Waals surface area contributed by atoms with Gasteiger partial charge in [0.05, 0.1) is 39.1 Å². The van der Waals surface area contributed by atoms with Gasteiger partial charge in [-0.1, -0.05) is 111 Å². The third kappa shape index (κ3) is 23.3. The minimum absolute atomic E-state index is 0.142. The summed E-state index contributed by atoms with van der Waals surface area (Å²) in [5.41, 5.74) is 2.76. The molecule has 0 saturated heterocycles. The number of benzene rings is 1. The SMILES string of the molecule is CCCCC(CC)COC(=O)CCSCc1cc(CSCCC(=O)OCC(CC)CCCC)c(O)c(CSCCC(=O)OCC(CC)CCCC)c1. The lowest BCUT2D eigenvalue weighted by Crippen LogP contribution is -2.14. The summed E-state index contributed by atoms with van der Waals surface area (Å²) in [4.78, 5) is 37.3. The van der Waals surface area contributed by atoms with E-state index in [-0.39, 0.29) is 23.7 Å². The van der Waals surface area contributed by atoms with E-state index in [2.05, 4.69) is 41.5 Å². The molecule has 0 aliphatic heterocycles. The summed E-state index contributed by atoms with van der Waals surface area (Å²) in [7, 11) is 0. The van der Waals surface area contributed by atoms with Crippen molar-refractivity contribution < 1.29 is 33.7 Å². The van der Waals surface area contributed by atoms with Crippen molar-refractivity contribution in [3.8, 4) is 5.75 Å². The van der Waals surface area contributed by atoms with Crippen molar-refractivity contribution in [2.45, 2.75) is 155 Å². The standard InChI is InChI=1S/C42H72O7S3/c1-7-13-16-33(10-4)27-47-39(43)19-22-50-30-36-25-37(31-51-23-20-40(44)48-28-34(11-5)17-14-8-2)42(46)38(26-36)32-52-24-21-41(45)49-29-35(12-6)18-15-9-3/h25-26,33-35,46H,7-24,27-32H2,1-6H3. The summed E-state index contributed by atoms with van der Waals surface area (Å²) in [5.74, 6) is 4.86. The highest BCUT2D eigenvalue weighted by atomic mass is 32.2. The highest BCUT2D eigenvalue weighted by molar-refractivity contribution is 7.99. The van der Waals surface area contributed by atoms with E-state index in [1.54, 1.807) is 35.3 Å². The van der Waals surface area contributed by atoms with Gasteiger partial charge in [-0.2, -0.15) is 35.3 Å². The molecule has 0 heterocycles. The van der Waals surface area contributed by atoms with Crippen LogP contribution in [0.5, 0.6) is 5.75 Å². The van der Waals surface area contributed by atoms with Crippen LogP contribution in [0.1, 0.15) is 155 Å². The molecule has 1 rings (SSSR count). The van der Waals surface area contributed by atoms with Crippen molar-refractivity contribution in [3.05, 3.63) is 28.8 Å². The van der Waals surface area contributed by atoms with Gasteiger partial charge >= 0.3 is 17.9 Å². The fraction of sp³-hybridized carbons (Fsp3) is 0.786. The predicted octanol–water partition coefficient (Wildman–Crippen LogP) is 11.5. The normalized spacial score (nSPS) is 13.0. The molecular weight excluding hydrogens is 713 g/mol. The van der Waals surface area contributed by atoms with E-state index in [0.29, 0.717) is 91.4 Å². The molecule has 52 heavy (non-hydrogen) atoms. The Labute approximate surface area is 330 Å². The van der Waals surface area contributed by atoms with Gasteiger partial charge in [0.25, 0.3) is 0 Å². The molecule has 0 amide bonds. The molecule has 0 aromatic heterocycles. The van der Waals surface area contributed by atoms with Crippen LogP contribution in [0.3, 0.4) is 0 Å². The van der Waals surface area contributed by atoms with E-state index >= 15 is 0 Å². The van der Waals surface area contributed by atoms with Crippen LogP contribution in [0.25, 0.3) is 0 Å². The average molecular weight is 785 g/mol. The molecule has 0 fully saturated rings. The van der Waals surface area contributed by atoms with Gasteiger partial charge in [0.2, 0.25) is 0 Å². The zero-order valence-corrected chi connectivity index (χ0v) is 35.9. The fourth-order valence-corrected chi connectivity index (χ4v) is 8.35. The number of thioether (sulfide) groups is 3. The van der Waals surface area contributed by atoms with Crippen molar-refractivity contribution in [2.24, 2.45) is 17.8 Å². The Hall–Kier alpha value is -1.52. The minimum atomic E-state index is -0.164. The predicted molar refractivity (Wildman–Crippen MR) is 223 cm³/mol. The maximum absolute atomic E-state index is 12.4. The van der Waals surface area contributed by atoms with Crippen LogP contribution in [-0.4, -0.2) is 60.1 Å². The van der Waals surface area contributed by atoms with Crippen molar-refractivity contribution in [1.29, 1.82) is 0 Å². The number of phenolic OH excluding ortho intramolecular Hbond substituents is 1. The number of aromatic hydroxyl groups is 1. The van der Waals surface area contributed by atoms with Gasteiger partial charge in [-0.3, -0.25) is 14.4 Å². The highest BCUT2D eigenvalue weighted by Gasteiger charge is 2.15. The number of phenols is 1. The Morgan fingerprint density at radius 3 is 1.19 bits per heavy atom. The second kappa shape index (κ2) is 31.8. The summed E-state index contributed by atoms with van der Waals surface area (Å²) in [5, 5.41) is 11.3. The Morgan fingerprint density at radius 2 is 0.885 bits per heavy atom. The first-order valence-electron chi connectivity index (χ1n) is 20.2. The van der Waals surface area contributed by atoms with Gasteiger partial charge in [0.1, 0.15) is 5.75 Å². The van der Waals surface area contributed by atoms with Crippen LogP contribution in [0.15, 0.2) is 12.1 Å². The molecule has 0 aliphatic carbocycles. The van der Waals surface area contributed by atoms with Crippen LogP contribution in [0.4, 0.5) is 0 Å². The zero-order valence-electron chi connectivity index (χ0n) is 33.5. The van der Waals surface area contributed by atoms with Gasteiger partial charge in [0, 0.05) is 45.6 Å². The number of carbonyl (C=O) groups excluding carboxylic acids is 3. The van der Waals surface area contributed by atoms with Crippen LogP contribution < -0.4 is 0 Å². The number of esters is 3. The molecule has 7 nitrogen and oxygen atoms in total. The van der Waals surface area contributed by atoms with Crippen molar-refractivity contribution in [1.82, 2.24) is 0 Å². The van der Waals surface area contributed by atoms with Crippen molar-refractivity contribution in [2.75, 3.05) is 37.1 Å². The second-order valence-electron chi connectivity index (χ2n) is 14.0. The van der Waals surface area contributed by atoms with Crippen LogP contribution in [0, 0.1) is 17.8 Å². The number of hydrogen-bond donors (Lipinski definition) is 1. The van der Waals surface area contributed by atoms with Crippen LogP contribution in [0.2, 0.25) is 0 Å². The molecule has 0 aliphatic rings. The number of hydrogen-bond acceptors (Lipinski definition) is 10. The molecule has 0 radical (unpaired) electrons. The summed E-state index contributed by atoms with van der Waals surface area (Å²) < 4.78 is 16.7. The molecule has 3 unspecified atom stereocenters. The second-order valence-corrected chi connectivity index (χ2v) is 17.3.